The van der Waals surface area contributed by atoms with Gasteiger partial charge in [0.05, 0.1) is 11.7 Å². The summed E-state index contributed by atoms with van der Waals surface area (Å²) in [5.41, 5.74) is 13.8. The quantitative estimate of drug-likeness (QED) is 0.735. The summed E-state index contributed by atoms with van der Waals surface area (Å²) in [5.74, 6) is 0.728. The van der Waals surface area contributed by atoms with E-state index in [9.17, 15) is 0 Å². The molecular weight excluding hydrogens is 198 g/mol. The first-order valence-corrected chi connectivity index (χ1v) is 6.05. The van der Waals surface area contributed by atoms with Gasteiger partial charge in [0.25, 0.3) is 0 Å². The minimum absolute atomic E-state index is 0.487. The molecule has 1 aliphatic heterocycles. The molecule has 0 fully saturated rings. The molecule has 1 atom stereocenters. The maximum atomic E-state index is 4.50. The molecule has 1 unspecified atom stereocenters. The first kappa shape index (κ1) is 13.0. The van der Waals surface area contributed by atoms with Crippen molar-refractivity contribution in [3.63, 3.8) is 0 Å². The van der Waals surface area contributed by atoms with Crippen LogP contribution in [0.2, 0.25) is 0 Å². The molecule has 1 aromatic carbocycles. The number of nitrogens with one attached hydrogen (secondary N) is 2. The van der Waals surface area contributed by atoms with Crippen LogP contribution in [0.1, 0.15) is 38.3 Å². The number of para-hydroxylation sites is 1. The summed E-state index contributed by atoms with van der Waals surface area (Å²) < 4.78 is 0. The van der Waals surface area contributed by atoms with Gasteiger partial charge in [-0.2, -0.15) is 0 Å². The molecule has 0 saturated heterocycles. The van der Waals surface area contributed by atoms with Crippen molar-refractivity contribution in [3.05, 3.63) is 29.8 Å². The Labute approximate surface area is 98.4 Å². The molecule has 0 bridgehead atoms. The highest BCUT2D eigenvalue weighted by molar-refractivity contribution is 5.55. The number of hydrazine groups is 1. The second-order valence-electron chi connectivity index (χ2n) is 3.91. The van der Waals surface area contributed by atoms with Gasteiger partial charge in [-0.1, -0.05) is 44.9 Å². The van der Waals surface area contributed by atoms with E-state index in [0.29, 0.717) is 6.04 Å². The highest BCUT2D eigenvalue weighted by Gasteiger charge is 2.26. The number of fused-ring (bicyclic) bond motifs is 1. The van der Waals surface area contributed by atoms with Crippen molar-refractivity contribution in [3.8, 4) is 0 Å². The second-order valence-corrected chi connectivity index (χ2v) is 3.91. The van der Waals surface area contributed by atoms with Crippen LogP contribution in [0.25, 0.3) is 0 Å². The van der Waals surface area contributed by atoms with Gasteiger partial charge in [0.2, 0.25) is 0 Å². The lowest BCUT2D eigenvalue weighted by atomic mass is 9.90. The Balaban J connectivity index is 0.000000606. The lowest BCUT2D eigenvalue weighted by Crippen LogP contribution is -2.25. The maximum absolute atomic E-state index is 4.50. The lowest BCUT2D eigenvalue weighted by molar-refractivity contribution is 0.372. The van der Waals surface area contributed by atoms with Crippen molar-refractivity contribution >= 4 is 5.69 Å². The molecule has 1 heterocycles. The molecule has 3 nitrogen and oxygen atoms in total. The smallest absolute Gasteiger partial charge is 0.0558 e. The van der Waals surface area contributed by atoms with Gasteiger partial charge in [-0.15, -0.1) is 0 Å². The molecule has 2 rings (SSSR count). The summed E-state index contributed by atoms with van der Waals surface area (Å²) in [5, 5.41) is 0. The molecule has 90 valence electrons. The van der Waals surface area contributed by atoms with E-state index in [1.165, 1.54) is 31.1 Å². The number of benzene rings is 1. The van der Waals surface area contributed by atoms with Crippen LogP contribution in [0, 0.1) is 5.92 Å². The third-order valence-corrected chi connectivity index (χ3v) is 3.18. The maximum Gasteiger partial charge on any atom is 0.0558 e. The summed E-state index contributed by atoms with van der Waals surface area (Å²) in [7, 11) is 1.50. The molecule has 0 spiro atoms. The summed E-state index contributed by atoms with van der Waals surface area (Å²) in [6.45, 7) is 4.52. The molecule has 0 amide bonds. The number of rotatable bonds is 3. The van der Waals surface area contributed by atoms with Gasteiger partial charge >= 0.3 is 0 Å². The average Bonchev–Trinajstić information content (AvgIpc) is 2.78. The molecule has 0 saturated carbocycles. The third-order valence-electron chi connectivity index (χ3n) is 3.18. The van der Waals surface area contributed by atoms with E-state index in [1.807, 2.05) is 0 Å². The van der Waals surface area contributed by atoms with Crippen LogP contribution in [0.15, 0.2) is 24.3 Å². The first-order valence-electron chi connectivity index (χ1n) is 6.05. The molecule has 4 N–H and O–H groups in total. The van der Waals surface area contributed by atoms with Crippen LogP contribution in [-0.4, -0.2) is 7.05 Å². The lowest BCUT2D eigenvalue weighted by Gasteiger charge is -2.20. The third kappa shape index (κ3) is 2.54. The molecule has 1 aromatic rings. The van der Waals surface area contributed by atoms with Crippen molar-refractivity contribution in [2.24, 2.45) is 11.7 Å². The zero-order valence-corrected chi connectivity index (χ0v) is 10.5. The normalized spacial score (nSPS) is 17.4. The predicted octanol–water partition coefficient (Wildman–Crippen LogP) is 2.67. The van der Waals surface area contributed by atoms with Crippen molar-refractivity contribution in [1.82, 2.24) is 5.43 Å². The van der Waals surface area contributed by atoms with Gasteiger partial charge in [-0.3, -0.25) is 0 Å². The van der Waals surface area contributed by atoms with E-state index >= 15 is 0 Å². The van der Waals surface area contributed by atoms with Crippen LogP contribution in [0.5, 0.6) is 0 Å². The van der Waals surface area contributed by atoms with Gasteiger partial charge < -0.3 is 11.2 Å². The Kier molecular flexibility index (Phi) is 5.29. The minimum Gasteiger partial charge on any atom is -0.333 e. The number of nitrogens with two attached hydrogens (primary N) is 1. The molecule has 1 aliphatic rings. The average molecular weight is 221 g/mol. The molecule has 3 heteroatoms. The zero-order chi connectivity index (χ0) is 12.0. The fourth-order valence-electron chi connectivity index (χ4n) is 2.25. The van der Waals surface area contributed by atoms with Crippen molar-refractivity contribution in [2.75, 3.05) is 12.5 Å². The standard InChI is InChI=1S/C12H18N2.CH5N/c1-3-9(4-2)12-10-7-5-6-8-11(10)13-14-12;1-2/h5-9,12-14H,3-4H2,1-2H3;2H2,1H3. The summed E-state index contributed by atoms with van der Waals surface area (Å²) in [6, 6.07) is 9.02. The predicted molar refractivity (Wildman–Crippen MR) is 70.1 cm³/mol. The fourth-order valence-corrected chi connectivity index (χ4v) is 2.25. The number of anilines is 1. The molecule has 0 aromatic heterocycles. The Hall–Kier alpha value is -1.06. The Morgan fingerprint density at radius 2 is 1.81 bits per heavy atom. The van der Waals surface area contributed by atoms with Crippen LogP contribution >= 0.6 is 0 Å². The van der Waals surface area contributed by atoms with Crippen molar-refractivity contribution in [2.45, 2.75) is 32.7 Å². The van der Waals surface area contributed by atoms with Crippen molar-refractivity contribution in [1.29, 1.82) is 0 Å². The summed E-state index contributed by atoms with van der Waals surface area (Å²) in [6.07, 6.45) is 2.45. The van der Waals surface area contributed by atoms with Crippen LogP contribution < -0.4 is 16.6 Å². The minimum atomic E-state index is 0.487. The molecule has 0 aliphatic carbocycles. The second kappa shape index (κ2) is 6.51. The van der Waals surface area contributed by atoms with E-state index in [2.05, 4.69) is 54.7 Å². The van der Waals surface area contributed by atoms with Gasteiger partial charge in [-0.25, -0.2) is 5.43 Å². The van der Waals surface area contributed by atoms with Gasteiger partial charge in [0.1, 0.15) is 0 Å². The number of hydrogen-bond donors (Lipinski definition) is 3. The van der Waals surface area contributed by atoms with E-state index in [-0.39, 0.29) is 0 Å². The van der Waals surface area contributed by atoms with Crippen LogP contribution in [0.4, 0.5) is 5.69 Å². The van der Waals surface area contributed by atoms with E-state index in [0.717, 1.165) is 5.92 Å². The molecule has 0 radical (unpaired) electrons. The van der Waals surface area contributed by atoms with E-state index < -0.39 is 0 Å². The van der Waals surface area contributed by atoms with Gasteiger partial charge in [0.15, 0.2) is 0 Å². The zero-order valence-electron chi connectivity index (χ0n) is 10.5. The van der Waals surface area contributed by atoms with Crippen LogP contribution in [0.3, 0.4) is 0 Å². The number of hydrogen-bond acceptors (Lipinski definition) is 3. The SMILES string of the molecule is CCC(CC)C1NNc2ccccc21.CN. The highest BCUT2D eigenvalue weighted by atomic mass is 15.4. The summed E-state index contributed by atoms with van der Waals surface area (Å²) >= 11 is 0. The highest BCUT2D eigenvalue weighted by Crippen LogP contribution is 2.35. The largest absolute Gasteiger partial charge is 0.333 e. The molecular formula is C13H23N3. The van der Waals surface area contributed by atoms with E-state index in [4.69, 9.17) is 0 Å². The van der Waals surface area contributed by atoms with Crippen molar-refractivity contribution < 1.29 is 0 Å². The topological polar surface area (TPSA) is 50.1 Å². The Morgan fingerprint density at radius 1 is 1.19 bits per heavy atom. The van der Waals surface area contributed by atoms with E-state index in [1.54, 1.807) is 0 Å². The van der Waals surface area contributed by atoms with Gasteiger partial charge in [-0.05, 0) is 24.6 Å². The Bertz CT molecular complexity index is 308. The Morgan fingerprint density at radius 3 is 2.44 bits per heavy atom. The monoisotopic (exact) mass is 221 g/mol. The summed E-state index contributed by atoms with van der Waals surface area (Å²) in [4.78, 5) is 0. The first-order chi connectivity index (χ1) is 7.86. The van der Waals surface area contributed by atoms with Crippen LogP contribution in [-0.2, 0) is 0 Å². The van der Waals surface area contributed by atoms with Gasteiger partial charge in [0, 0.05) is 0 Å². The fraction of sp³-hybridized carbons (Fsp3) is 0.538. The molecule has 16 heavy (non-hydrogen) atoms.